The van der Waals surface area contributed by atoms with Crippen LogP contribution in [0.2, 0.25) is 0 Å². The molecule has 0 aliphatic carbocycles. The molecule has 1 aliphatic heterocycles. The molecule has 0 saturated carbocycles. The van der Waals surface area contributed by atoms with Crippen molar-refractivity contribution < 1.29 is 4.74 Å². The van der Waals surface area contributed by atoms with Gasteiger partial charge >= 0.3 is 0 Å². The van der Waals surface area contributed by atoms with Crippen molar-refractivity contribution >= 4 is 5.69 Å². The van der Waals surface area contributed by atoms with E-state index < -0.39 is 0 Å². The second-order valence-electron chi connectivity index (χ2n) is 4.65. The number of methoxy groups -OCH3 is 1. The van der Waals surface area contributed by atoms with Crippen molar-refractivity contribution in [3.05, 3.63) is 59.2 Å². The van der Waals surface area contributed by atoms with Gasteiger partial charge in [0, 0.05) is 18.7 Å². The van der Waals surface area contributed by atoms with Crippen molar-refractivity contribution in [1.29, 1.82) is 0 Å². The summed E-state index contributed by atoms with van der Waals surface area (Å²) >= 11 is 0. The van der Waals surface area contributed by atoms with Crippen LogP contribution in [0.4, 0.5) is 5.69 Å². The number of terminal acetylenes is 1. The van der Waals surface area contributed by atoms with Gasteiger partial charge in [0.1, 0.15) is 5.75 Å². The predicted molar refractivity (Wildman–Crippen MR) is 77.3 cm³/mol. The first-order valence-electron chi connectivity index (χ1n) is 6.28. The van der Waals surface area contributed by atoms with Crippen LogP contribution in [0.5, 0.6) is 5.75 Å². The van der Waals surface area contributed by atoms with Gasteiger partial charge in [-0.3, -0.25) is 0 Å². The Labute approximate surface area is 113 Å². The second-order valence-corrected chi connectivity index (χ2v) is 4.65. The van der Waals surface area contributed by atoms with E-state index >= 15 is 0 Å². The maximum atomic E-state index is 5.57. The van der Waals surface area contributed by atoms with Gasteiger partial charge in [-0.25, -0.2) is 0 Å². The molecular formula is C17H15NO. The molecule has 0 unspecified atom stereocenters. The molecule has 0 radical (unpaired) electrons. The molecule has 2 heteroatoms. The van der Waals surface area contributed by atoms with Gasteiger partial charge < -0.3 is 9.64 Å². The lowest BCUT2D eigenvalue weighted by molar-refractivity contribution is 0.414. The molecule has 19 heavy (non-hydrogen) atoms. The summed E-state index contributed by atoms with van der Waals surface area (Å²) < 4.78 is 5.27. The Morgan fingerprint density at radius 3 is 2.68 bits per heavy atom. The van der Waals surface area contributed by atoms with Crippen molar-refractivity contribution in [2.24, 2.45) is 0 Å². The van der Waals surface area contributed by atoms with Crippen LogP contribution in [0, 0.1) is 12.3 Å². The summed E-state index contributed by atoms with van der Waals surface area (Å²) in [4.78, 5) is 2.30. The lowest BCUT2D eigenvalue weighted by Gasteiger charge is -2.19. The van der Waals surface area contributed by atoms with Gasteiger partial charge in [0.05, 0.1) is 12.8 Å². The Hall–Kier alpha value is -2.40. The van der Waals surface area contributed by atoms with Crippen molar-refractivity contribution in [3.63, 3.8) is 0 Å². The highest BCUT2D eigenvalue weighted by Gasteiger charge is 2.21. The van der Waals surface area contributed by atoms with Crippen LogP contribution in [-0.4, -0.2) is 7.11 Å². The van der Waals surface area contributed by atoms with Crippen LogP contribution in [0.1, 0.15) is 16.7 Å². The zero-order valence-corrected chi connectivity index (χ0v) is 10.9. The fraction of sp³-hybridized carbons (Fsp3) is 0.176. The molecule has 1 aliphatic rings. The van der Waals surface area contributed by atoms with E-state index in [1.165, 1.54) is 11.1 Å². The summed E-state index contributed by atoms with van der Waals surface area (Å²) in [6.07, 6.45) is 5.57. The number of anilines is 1. The lowest BCUT2D eigenvalue weighted by atomic mass is 10.1. The van der Waals surface area contributed by atoms with Crippen LogP contribution in [-0.2, 0) is 13.1 Å². The van der Waals surface area contributed by atoms with E-state index in [-0.39, 0.29) is 0 Å². The summed E-state index contributed by atoms with van der Waals surface area (Å²) in [5.74, 6) is 3.66. The number of benzene rings is 2. The Kier molecular flexibility index (Phi) is 2.89. The summed E-state index contributed by atoms with van der Waals surface area (Å²) in [5, 5.41) is 0. The Bertz CT molecular complexity index is 655. The first-order valence-corrected chi connectivity index (χ1v) is 6.28. The van der Waals surface area contributed by atoms with Gasteiger partial charge in [-0.2, -0.15) is 0 Å². The minimum Gasteiger partial charge on any atom is -0.497 e. The second kappa shape index (κ2) is 4.70. The highest BCUT2D eigenvalue weighted by Crippen LogP contribution is 2.32. The average molecular weight is 249 g/mol. The third kappa shape index (κ3) is 2.04. The molecule has 2 nitrogen and oxygen atoms in total. The molecule has 0 saturated heterocycles. The predicted octanol–water partition coefficient (Wildman–Crippen LogP) is 3.20. The molecule has 0 spiro atoms. The van der Waals surface area contributed by atoms with E-state index in [0.29, 0.717) is 0 Å². The quantitative estimate of drug-likeness (QED) is 0.758. The molecule has 0 amide bonds. The number of hydrogen-bond acceptors (Lipinski definition) is 2. The number of ether oxygens (including phenoxy) is 1. The maximum Gasteiger partial charge on any atom is 0.119 e. The standard InChI is InChI=1S/C17H15NO/c1-3-13-6-4-5-7-17(13)18-11-14-8-9-16(19-2)10-15(14)12-18/h1,4-10H,11-12H2,2H3. The molecule has 0 fully saturated rings. The number of nitrogens with zero attached hydrogens (tertiary/aromatic N) is 1. The van der Waals surface area contributed by atoms with Gasteiger partial charge in [0.2, 0.25) is 0 Å². The van der Waals surface area contributed by atoms with Crippen molar-refractivity contribution in [1.82, 2.24) is 0 Å². The van der Waals surface area contributed by atoms with Gasteiger partial charge in [0.25, 0.3) is 0 Å². The largest absolute Gasteiger partial charge is 0.497 e. The van der Waals surface area contributed by atoms with Gasteiger partial charge in [-0.15, -0.1) is 6.42 Å². The number of rotatable bonds is 2. The SMILES string of the molecule is C#Cc1ccccc1N1Cc2ccc(OC)cc2C1. The van der Waals surface area contributed by atoms with Crippen molar-refractivity contribution in [3.8, 4) is 18.1 Å². The first-order chi connectivity index (χ1) is 9.31. The van der Waals surface area contributed by atoms with Crippen molar-refractivity contribution in [2.75, 3.05) is 12.0 Å². The molecule has 1 heterocycles. The van der Waals surface area contributed by atoms with E-state index in [4.69, 9.17) is 11.2 Å². The zero-order valence-electron chi connectivity index (χ0n) is 10.9. The monoisotopic (exact) mass is 249 g/mol. The summed E-state index contributed by atoms with van der Waals surface area (Å²) in [6, 6.07) is 14.3. The Morgan fingerprint density at radius 1 is 1.11 bits per heavy atom. The Balaban J connectivity index is 1.93. The normalized spacial score (nSPS) is 12.9. The highest BCUT2D eigenvalue weighted by molar-refractivity contribution is 5.62. The third-order valence-corrected chi connectivity index (χ3v) is 3.54. The van der Waals surface area contributed by atoms with Crippen molar-refractivity contribution in [2.45, 2.75) is 13.1 Å². The molecule has 0 atom stereocenters. The van der Waals surface area contributed by atoms with Crippen LogP contribution in [0.15, 0.2) is 42.5 Å². The van der Waals surface area contributed by atoms with E-state index in [0.717, 1.165) is 30.1 Å². The van der Waals surface area contributed by atoms with E-state index in [9.17, 15) is 0 Å². The summed E-state index contributed by atoms with van der Waals surface area (Å²) in [7, 11) is 1.70. The smallest absolute Gasteiger partial charge is 0.119 e. The minimum absolute atomic E-state index is 0.880. The third-order valence-electron chi connectivity index (χ3n) is 3.54. The molecule has 3 rings (SSSR count). The van der Waals surface area contributed by atoms with Crippen LogP contribution < -0.4 is 9.64 Å². The molecule has 2 aromatic carbocycles. The van der Waals surface area contributed by atoms with Crippen LogP contribution in [0.25, 0.3) is 0 Å². The average Bonchev–Trinajstić information content (AvgIpc) is 2.89. The van der Waals surface area contributed by atoms with E-state index in [2.05, 4.69) is 29.0 Å². The maximum absolute atomic E-state index is 5.57. The van der Waals surface area contributed by atoms with Gasteiger partial charge in [-0.05, 0) is 35.4 Å². The van der Waals surface area contributed by atoms with Gasteiger partial charge in [-0.1, -0.05) is 24.1 Å². The number of para-hydroxylation sites is 1. The minimum atomic E-state index is 0.880. The van der Waals surface area contributed by atoms with Gasteiger partial charge in [0.15, 0.2) is 0 Å². The Morgan fingerprint density at radius 2 is 1.89 bits per heavy atom. The lowest BCUT2D eigenvalue weighted by Crippen LogP contribution is -2.15. The van der Waals surface area contributed by atoms with Crippen LogP contribution in [0.3, 0.4) is 0 Å². The molecule has 2 aromatic rings. The van der Waals surface area contributed by atoms with Crippen LogP contribution >= 0.6 is 0 Å². The highest BCUT2D eigenvalue weighted by atomic mass is 16.5. The molecule has 0 aromatic heterocycles. The number of fused-ring (bicyclic) bond motifs is 1. The van der Waals surface area contributed by atoms with E-state index in [1.807, 2.05) is 24.3 Å². The van der Waals surface area contributed by atoms with E-state index in [1.54, 1.807) is 7.11 Å². The molecule has 0 bridgehead atoms. The zero-order chi connectivity index (χ0) is 13.2. The summed E-state index contributed by atoms with van der Waals surface area (Å²) in [5.41, 5.74) is 4.72. The molecule has 94 valence electrons. The number of hydrogen-bond donors (Lipinski definition) is 0. The first kappa shape index (κ1) is 11.7. The summed E-state index contributed by atoms with van der Waals surface area (Å²) in [6.45, 7) is 1.78. The molecule has 0 N–H and O–H groups in total. The topological polar surface area (TPSA) is 12.5 Å². The molecular weight excluding hydrogens is 234 g/mol. The fourth-order valence-electron chi connectivity index (χ4n) is 2.54. The fourth-order valence-corrected chi connectivity index (χ4v) is 2.54.